The number of carbonyl (C=O) groups excluding carboxylic acids is 1. The highest BCUT2D eigenvalue weighted by Gasteiger charge is 2.45. The van der Waals surface area contributed by atoms with Gasteiger partial charge in [-0.1, -0.05) is 30.3 Å². The number of rotatable bonds is 3. The molecule has 2 rings (SSSR count). The van der Waals surface area contributed by atoms with Crippen molar-refractivity contribution in [3.05, 3.63) is 35.9 Å². The second kappa shape index (κ2) is 5.27. The van der Waals surface area contributed by atoms with Crippen LogP contribution in [-0.2, 0) is 16.1 Å². The van der Waals surface area contributed by atoms with Crippen LogP contribution in [0.4, 0.5) is 4.79 Å². The summed E-state index contributed by atoms with van der Waals surface area (Å²) in [6.07, 6.45) is -0.594. The van der Waals surface area contributed by atoms with Gasteiger partial charge in [-0.05, 0) is 5.56 Å². The number of carboxylic acids is 1. The van der Waals surface area contributed by atoms with E-state index in [-0.39, 0.29) is 26.1 Å². The standard InChI is InChI=1S/C13H15NO5/c15-11(16)13(18)6-7-14(9-13)12(17)19-8-10-4-2-1-3-5-10/h1-5,18H,6-9H2,(H,15,16). The molecule has 0 saturated carbocycles. The molecule has 1 atom stereocenters. The van der Waals surface area contributed by atoms with Gasteiger partial charge in [0.15, 0.2) is 5.60 Å². The first-order chi connectivity index (χ1) is 9.01. The van der Waals surface area contributed by atoms with Gasteiger partial charge in [0.25, 0.3) is 0 Å². The molecule has 1 aromatic carbocycles. The van der Waals surface area contributed by atoms with Gasteiger partial charge >= 0.3 is 12.1 Å². The molecule has 1 aliphatic rings. The van der Waals surface area contributed by atoms with Crippen LogP contribution in [0.5, 0.6) is 0 Å². The topological polar surface area (TPSA) is 87.1 Å². The molecule has 1 amide bonds. The van der Waals surface area contributed by atoms with E-state index in [1.807, 2.05) is 30.3 Å². The molecule has 102 valence electrons. The van der Waals surface area contributed by atoms with Gasteiger partial charge in [-0.2, -0.15) is 0 Å². The van der Waals surface area contributed by atoms with E-state index in [2.05, 4.69) is 0 Å². The number of ether oxygens (including phenoxy) is 1. The molecule has 2 N–H and O–H groups in total. The zero-order valence-corrected chi connectivity index (χ0v) is 10.3. The van der Waals surface area contributed by atoms with Crippen LogP contribution < -0.4 is 0 Å². The zero-order valence-electron chi connectivity index (χ0n) is 10.3. The average molecular weight is 265 g/mol. The van der Waals surface area contributed by atoms with Gasteiger partial charge in [-0.15, -0.1) is 0 Å². The molecule has 6 nitrogen and oxygen atoms in total. The lowest BCUT2D eigenvalue weighted by Gasteiger charge is -2.18. The van der Waals surface area contributed by atoms with Crippen molar-refractivity contribution in [2.75, 3.05) is 13.1 Å². The number of carbonyl (C=O) groups is 2. The number of carboxylic acid groups (broad SMARTS) is 1. The molecule has 1 fully saturated rings. The van der Waals surface area contributed by atoms with Crippen molar-refractivity contribution < 1.29 is 24.5 Å². The van der Waals surface area contributed by atoms with Gasteiger partial charge in [0.1, 0.15) is 6.61 Å². The van der Waals surface area contributed by atoms with Gasteiger partial charge in [-0.25, -0.2) is 9.59 Å². The largest absolute Gasteiger partial charge is 0.479 e. The molecule has 19 heavy (non-hydrogen) atoms. The van der Waals surface area contributed by atoms with Crippen LogP contribution in [0.15, 0.2) is 30.3 Å². The Morgan fingerprint density at radius 3 is 2.58 bits per heavy atom. The fraction of sp³-hybridized carbons (Fsp3) is 0.385. The van der Waals surface area contributed by atoms with Crippen LogP contribution in [0, 0.1) is 0 Å². The predicted molar refractivity (Wildman–Crippen MR) is 65.4 cm³/mol. The predicted octanol–water partition coefficient (Wildman–Crippen LogP) is 0.845. The zero-order chi connectivity index (χ0) is 13.9. The molecule has 0 bridgehead atoms. The Morgan fingerprint density at radius 1 is 1.32 bits per heavy atom. The van der Waals surface area contributed by atoms with E-state index in [9.17, 15) is 14.7 Å². The molecule has 1 heterocycles. The highest BCUT2D eigenvalue weighted by atomic mass is 16.6. The number of aliphatic hydroxyl groups is 1. The summed E-state index contributed by atoms with van der Waals surface area (Å²) >= 11 is 0. The summed E-state index contributed by atoms with van der Waals surface area (Å²) in [6.45, 7) is 0.0635. The fourth-order valence-corrected chi connectivity index (χ4v) is 1.93. The summed E-state index contributed by atoms with van der Waals surface area (Å²) in [7, 11) is 0. The Balaban J connectivity index is 1.87. The van der Waals surface area contributed by atoms with E-state index in [1.54, 1.807) is 0 Å². The minimum atomic E-state index is -1.86. The van der Waals surface area contributed by atoms with E-state index in [4.69, 9.17) is 9.84 Å². The number of hydrogen-bond acceptors (Lipinski definition) is 4. The Labute approximate surface area is 110 Å². The lowest BCUT2D eigenvalue weighted by molar-refractivity contribution is -0.156. The Morgan fingerprint density at radius 2 is 2.00 bits per heavy atom. The van der Waals surface area contributed by atoms with Crippen molar-refractivity contribution in [3.63, 3.8) is 0 Å². The quantitative estimate of drug-likeness (QED) is 0.845. The molecule has 0 aliphatic carbocycles. The first-order valence-electron chi connectivity index (χ1n) is 5.93. The van der Waals surface area contributed by atoms with Crippen molar-refractivity contribution in [3.8, 4) is 0 Å². The highest BCUT2D eigenvalue weighted by molar-refractivity contribution is 5.80. The highest BCUT2D eigenvalue weighted by Crippen LogP contribution is 2.22. The van der Waals surface area contributed by atoms with Crippen molar-refractivity contribution in [2.45, 2.75) is 18.6 Å². The van der Waals surface area contributed by atoms with E-state index in [1.165, 1.54) is 4.90 Å². The summed E-state index contributed by atoms with van der Waals surface area (Å²) in [5, 5.41) is 18.6. The third-order valence-electron chi connectivity index (χ3n) is 3.11. The fourth-order valence-electron chi connectivity index (χ4n) is 1.93. The Bertz CT molecular complexity index is 475. The number of amides is 1. The number of benzene rings is 1. The molecule has 1 aromatic rings. The number of likely N-dealkylation sites (tertiary alicyclic amines) is 1. The molecule has 1 unspecified atom stereocenters. The van der Waals surface area contributed by atoms with E-state index in [0.29, 0.717) is 0 Å². The maximum atomic E-state index is 11.7. The summed E-state index contributed by atoms with van der Waals surface area (Å²) in [5.41, 5.74) is -1.00. The lowest BCUT2D eigenvalue weighted by Crippen LogP contribution is -2.42. The summed E-state index contributed by atoms with van der Waals surface area (Å²) in [6, 6.07) is 9.18. The van der Waals surface area contributed by atoms with Crippen LogP contribution in [-0.4, -0.2) is 45.9 Å². The minimum Gasteiger partial charge on any atom is -0.479 e. The number of nitrogens with zero attached hydrogens (tertiary/aromatic N) is 1. The van der Waals surface area contributed by atoms with Gasteiger partial charge in [-0.3, -0.25) is 0 Å². The molecule has 1 saturated heterocycles. The van der Waals surface area contributed by atoms with Crippen LogP contribution in [0.25, 0.3) is 0 Å². The third-order valence-corrected chi connectivity index (χ3v) is 3.11. The van der Waals surface area contributed by atoms with Crippen LogP contribution >= 0.6 is 0 Å². The third kappa shape index (κ3) is 3.03. The molecular formula is C13H15NO5. The van der Waals surface area contributed by atoms with Crippen LogP contribution in [0.2, 0.25) is 0 Å². The number of hydrogen-bond donors (Lipinski definition) is 2. The first-order valence-corrected chi connectivity index (χ1v) is 5.93. The molecule has 1 aliphatic heterocycles. The number of aliphatic carboxylic acids is 1. The second-order valence-corrected chi connectivity index (χ2v) is 4.55. The Hall–Kier alpha value is -2.08. The maximum Gasteiger partial charge on any atom is 0.410 e. The first kappa shape index (κ1) is 13.4. The molecule has 6 heteroatoms. The SMILES string of the molecule is O=C(OCc1ccccc1)N1CCC(O)(C(=O)O)C1. The van der Waals surface area contributed by atoms with E-state index >= 15 is 0 Å². The summed E-state index contributed by atoms with van der Waals surface area (Å²) in [5.74, 6) is -1.31. The number of β-amino-alcohol motifs (C(OH)–C–C–N with tert-alkyl or cyclic N) is 1. The summed E-state index contributed by atoms with van der Waals surface area (Å²) < 4.78 is 5.07. The normalized spacial score (nSPS) is 22.3. The molecular weight excluding hydrogens is 250 g/mol. The van der Waals surface area contributed by atoms with Gasteiger partial charge in [0.2, 0.25) is 0 Å². The maximum absolute atomic E-state index is 11.7. The van der Waals surface area contributed by atoms with E-state index in [0.717, 1.165) is 5.56 Å². The Kier molecular flexibility index (Phi) is 3.71. The van der Waals surface area contributed by atoms with Crippen molar-refractivity contribution in [2.24, 2.45) is 0 Å². The monoisotopic (exact) mass is 265 g/mol. The van der Waals surface area contributed by atoms with Crippen LogP contribution in [0.3, 0.4) is 0 Å². The second-order valence-electron chi connectivity index (χ2n) is 4.55. The van der Waals surface area contributed by atoms with Crippen molar-refractivity contribution >= 4 is 12.1 Å². The lowest BCUT2D eigenvalue weighted by atomic mass is 10.0. The minimum absolute atomic E-state index is 0.0166. The van der Waals surface area contributed by atoms with Gasteiger partial charge in [0, 0.05) is 13.0 Å². The molecule has 0 radical (unpaired) electrons. The van der Waals surface area contributed by atoms with Gasteiger partial charge in [0.05, 0.1) is 6.54 Å². The molecule has 0 spiro atoms. The van der Waals surface area contributed by atoms with E-state index < -0.39 is 17.7 Å². The van der Waals surface area contributed by atoms with Gasteiger partial charge < -0.3 is 19.8 Å². The smallest absolute Gasteiger partial charge is 0.410 e. The molecule has 0 aromatic heterocycles. The average Bonchev–Trinajstić information content (AvgIpc) is 2.81. The van der Waals surface area contributed by atoms with Crippen LogP contribution in [0.1, 0.15) is 12.0 Å². The summed E-state index contributed by atoms with van der Waals surface area (Å²) in [4.78, 5) is 23.8. The van der Waals surface area contributed by atoms with Crippen molar-refractivity contribution in [1.29, 1.82) is 0 Å². The van der Waals surface area contributed by atoms with Crippen molar-refractivity contribution in [1.82, 2.24) is 4.90 Å².